The maximum Gasteiger partial charge on any atom is 0.317 e. The van der Waals surface area contributed by atoms with Crippen molar-refractivity contribution in [3.63, 3.8) is 0 Å². The molecular weight excluding hydrogens is 246 g/mol. The van der Waals surface area contributed by atoms with Crippen molar-refractivity contribution in [2.45, 2.75) is 51.1 Å². The van der Waals surface area contributed by atoms with Crippen LogP contribution in [-0.4, -0.2) is 41.1 Å². The number of urea groups is 1. The minimum Gasteiger partial charge on any atom is -0.481 e. The van der Waals surface area contributed by atoms with Crippen LogP contribution in [-0.2, 0) is 4.79 Å². The minimum absolute atomic E-state index is 0.0842. The van der Waals surface area contributed by atoms with Gasteiger partial charge in [-0.05, 0) is 26.2 Å². The number of aliphatic carboxylic acids is 1. The number of nitrogens with zero attached hydrogens (tertiary/aromatic N) is 2. The zero-order chi connectivity index (χ0) is 14.4. The summed E-state index contributed by atoms with van der Waals surface area (Å²) in [5.74, 6) is -1.15. The number of carboxylic acids is 1. The summed E-state index contributed by atoms with van der Waals surface area (Å²) >= 11 is 0. The van der Waals surface area contributed by atoms with Crippen LogP contribution in [0, 0.1) is 17.2 Å². The summed E-state index contributed by atoms with van der Waals surface area (Å²) in [6.07, 6.45) is 3.09. The van der Waals surface area contributed by atoms with Gasteiger partial charge in [-0.2, -0.15) is 5.26 Å². The molecule has 0 heterocycles. The third-order valence-electron chi connectivity index (χ3n) is 3.72. The van der Waals surface area contributed by atoms with Crippen molar-refractivity contribution in [2.24, 2.45) is 5.92 Å². The smallest absolute Gasteiger partial charge is 0.317 e. The van der Waals surface area contributed by atoms with Crippen LogP contribution in [0.15, 0.2) is 0 Å². The number of carbonyl (C=O) groups excluding carboxylic acids is 1. The molecule has 106 valence electrons. The van der Waals surface area contributed by atoms with E-state index in [1.54, 1.807) is 7.05 Å². The van der Waals surface area contributed by atoms with Crippen LogP contribution in [0.1, 0.15) is 39.0 Å². The van der Waals surface area contributed by atoms with E-state index in [4.69, 9.17) is 10.4 Å². The Kier molecular flexibility index (Phi) is 5.61. The van der Waals surface area contributed by atoms with Gasteiger partial charge in [0.2, 0.25) is 0 Å². The van der Waals surface area contributed by atoms with Crippen molar-refractivity contribution >= 4 is 12.0 Å². The van der Waals surface area contributed by atoms with Crippen LogP contribution in [0.3, 0.4) is 0 Å². The maximum absolute atomic E-state index is 12.0. The van der Waals surface area contributed by atoms with Crippen LogP contribution in [0.5, 0.6) is 0 Å². The number of nitriles is 1. The van der Waals surface area contributed by atoms with E-state index in [9.17, 15) is 9.59 Å². The van der Waals surface area contributed by atoms with Gasteiger partial charge in [-0.25, -0.2) is 4.79 Å². The monoisotopic (exact) mass is 267 g/mol. The molecule has 0 aliphatic heterocycles. The van der Waals surface area contributed by atoms with E-state index in [1.807, 2.05) is 13.0 Å². The molecule has 6 nitrogen and oxygen atoms in total. The number of hydrogen-bond acceptors (Lipinski definition) is 3. The van der Waals surface area contributed by atoms with Gasteiger partial charge >= 0.3 is 12.0 Å². The summed E-state index contributed by atoms with van der Waals surface area (Å²) in [6.45, 7) is 1.81. The van der Waals surface area contributed by atoms with Gasteiger partial charge in [0, 0.05) is 19.1 Å². The third-order valence-corrected chi connectivity index (χ3v) is 3.72. The first-order valence-corrected chi connectivity index (χ1v) is 6.58. The van der Waals surface area contributed by atoms with Crippen molar-refractivity contribution in [1.82, 2.24) is 10.2 Å². The summed E-state index contributed by atoms with van der Waals surface area (Å²) in [6, 6.07) is 1.56. The van der Waals surface area contributed by atoms with Crippen molar-refractivity contribution in [3.05, 3.63) is 0 Å². The predicted molar refractivity (Wildman–Crippen MR) is 69.4 cm³/mol. The predicted octanol–water partition coefficient (Wildman–Crippen LogP) is 1.57. The van der Waals surface area contributed by atoms with Gasteiger partial charge in [-0.15, -0.1) is 0 Å². The van der Waals surface area contributed by atoms with E-state index in [-0.39, 0.29) is 30.5 Å². The number of amides is 2. The highest BCUT2D eigenvalue weighted by molar-refractivity contribution is 5.75. The summed E-state index contributed by atoms with van der Waals surface area (Å²) in [5.41, 5.74) is 0. The van der Waals surface area contributed by atoms with Crippen molar-refractivity contribution < 1.29 is 14.7 Å². The topological polar surface area (TPSA) is 93.4 Å². The molecule has 1 aliphatic rings. The number of carbonyl (C=O) groups is 2. The van der Waals surface area contributed by atoms with Gasteiger partial charge in [0.15, 0.2) is 0 Å². The second-order valence-electron chi connectivity index (χ2n) is 5.17. The molecule has 1 saturated carbocycles. The van der Waals surface area contributed by atoms with E-state index in [2.05, 4.69) is 5.32 Å². The molecule has 0 bridgehead atoms. The molecule has 1 rings (SSSR count). The standard InChI is InChI=1S/C13H21N3O3/c1-9(6-7-14)16(2)13(19)15-11-5-3-4-10(8-11)12(17)18/h9-11H,3-6,8H2,1-2H3,(H,15,19)(H,17,18). The Morgan fingerprint density at radius 1 is 1.53 bits per heavy atom. The molecule has 19 heavy (non-hydrogen) atoms. The van der Waals surface area contributed by atoms with Gasteiger partial charge in [0.05, 0.1) is 18.4 Å². The largest absolute Gasteiger partial charge is 0.481 e. The molecule has 0 radical (unpaired) electrons. The third kappa shape index (κ3) is 4.43. The fourth-order valence-corrected chi connectivity index (χ4v) is 2.29. The highest BCUT2D eigenvalue weighted by Crippen LogP contribution is 2.24. The van der Waals surface area contributed by atoms with E-state index in [0.29, 0.717) is 12.8 Å². The second kappa shape index (κ2) is 6.98. The van der Waals surface area contributed by atoms with Gasteiger partial charge < -0.3 is 15.3 Å². The second-order valence-corrected chi connectivity index (χ2v) is 5.17. The molecule has 1 aliphatic carbocycles. The minimum atomic E-state index is -0.787. The van der Waals surface area contributed by atoms with Crippen LogP contribution in [0.4, 0.5) is 4.79 Å². The van der Waals surface area contributed by atoms with Crippen LogP contribution in [0.2, 0.25) is 0 Å². The van der Waals surface area contributed by atoms with E-state index in [1.165, 1.54) is 4.90 Å². The lowest BCUT2D eigenvalue weighted by molar-refractivity contribution is -0.143. The fraction of sp³-hybridized carbons (Fsp3) is 0.769. The summed E-state index contributed by atoms with van der Waals surface area (Å²) in [7, 11) is 1.65. The molecule has 0 spiro atoms. The van der Waals surface area contributed by atoms with Crippen molar-refractivity contribution in [1.29, 1.82) is 5.26 Å². The lowest BCUT2D eigenvalue weighted by atomic mass is 9.86. The zero-order valence-corrected chi connectivity index (χ0v) is 11.4. The van der Waals surface area contributed by atoms with E-state index >= 15 is 0 Å². The number of hydrogen-bond donors (Lipinski definition) is 2. The van der Waals surface area contributed by atoms with Gasteiger partial charge in [0.25, 0.3) is 0 Å². The van der Waals surface area contributed by atoms with E-state index < -0.39 is 5.97 Å². The molecular formula is C13H21N3O3. The quantitative estimate of drug-likeness (QED) is 0.808. The maximum atomic E-state index is 12.0. The molecule has 3 atom stereocenters. The zero-order valence-electron chi connectivity index (χ0n) is 11.4. The molecule has 0 saturated heterocycles. The lowest BCUT2D eigenvalue weighted by Gasteiger charge is -2.30. The number of carboxylic acid groups (broad SMARTS) is 1. The molecule has 2 amide bonds. The van der Waals surface area contributed by atoms with Crippen molar-refractivity contribution in [3.8, 4) is 6.07 Å². The summed E-state index contributed by atoms with van der Waals surface area (Å²) < 4.78 is 0. The average Bonchev–Trinajstić information content (AvgIpc) is 2.38. The molecule has 0 aromatic heterocycles. The molecule has 2 N–H and O–H groups in total. The Hall–Kier alpha value is -1.77. The SMILES string of the molecule is CC(CC#N)N(C)C(=O)NC1CCCC(C(=O)O)C1. The summed E-state index contributed by atoms with van der Waals surface area (Å²) in [5, 5.41) is 20.5. The molecule has 0 aromatic carbocycles. The van der Waals surface area contributed by atoms with Gasteiger partial charge in [-0.3, -0.25) is 4.79 Å². The highest BCUT2D eigenvalue weighted by atomic mass is 16.4. The average molecular weight is 267 g/mol. The first-order chi connectivity index (χ1) is 8.95. The van der Waals surface area contributed by atoms with Crippen molar-refractivity contribution in [2.75, 3.05) is 7.05 Å². The Labute approximate surface area is 113 Å². The Morgan fingerprint density at radius 2 is 2.21 bits per heavy atom. The van der Waals surface area contributed by atoms with Crippen LogP contribution >= 0.6 is 0 Å². The summed E-state index contributed by atoms with van der Waals surface area (Å²) in [4.78, 5) is 24.4. The lowest BCUT2D eigenvalue weighted by Crippen LogP contribution is -2.48. The van der Waals surface area contributed by atoms with Crippen LogP contribution < -0.4 is 5.32 Å². The molecule has 6 heteroatoms. The first-order valence-electron chi connectivity index (χ1n) is 6.58. The Morgan fingerprint density at radius 3 is 2.79 bits per heavy atom. The number of rotatable bonds is 4. The van der Waals surface area contributed by atoms with E-state index in [0.717, 1.165) is 12.8 Å². The van der Waals surface area contributed by atoms with Gasteiger partial charge in [0.1, 0.15) is 0 Å². The molecule has 3 unspecified atom stereocenters. The normalized spacial score (nSPS) is 24.1. The molecule has 1 fully saturated rings. The number of nitrogens with one attached hydrogen (secondary N) is 1. The highest BCUT2D eigenvalue weighted by Gasteiger charge is 2.28. The first kappa shape index (κ1) is 15.3. The van der Waals surface area contributed by atoms with Gasteiger partial charge in [-0.1, -0.05) is 6.42 Å². The molecule has 0 aromatic rings. The van der Waals surface area contributed by atoms with Crippen LogP contribution in [0.25, 0.3) is 0 Å². The Balaban J connectivity index is 2.48. The fourth-order valence-electron chi connectivity index (χ4n) is 2.29. The Bertz CT molecular complexity index is 378.